The van der Waals surface area contributed by atoms with Gasteiger partial charge in [-0.1, -0.05) is 12.8 Å². The molecule has 6 heteroatoms. The molecular formula is C12H18N6. The van der Waals surface area contributed by atoms with Gasteiger partial charge in [0.05, 0.1) is 11.6 Å². The zero-order valence-corrected chi connectivity index (χ0v) is 10.6. The van der Waals surface area contributed by atoms with Crippen molar-refractivity contribution in [3.05, 3.63) is 6.20 Å². The summed E-state index contributed by atoms with van der Waals surface area (Å²) >= 11 is 0. The van der Waals surface area contributed by atoms with E-state index in [1.54, 1.807) is 0 Å². The largest absolute Gasteiger partial charge is 0.357 e. The Morgan fingerprint density at radius 3 is 2.67 bits per heavy atom. The molecule has 1 aliphatic rings. The zero-order valence-electron chi connectivity index (χ0n) is 10.6. The summed E-state index contributed by atoms with van der Waals surface area (Å²) in [4.78, 5) is 11.3. The fourth-order valence-corrected chi connectivity index (χ4v) is 2.45. The second-order valence-electron chi connectivity index (χ2n) is 4.65. The molecule has 2 N–H and O–H groups in total. The Morgan fingerprint density at radius 2 is 1.94 bits per heavy atom. The Hall–Kier alpha value is -1.85. The molecule has 3 rings (SSSR count). The standard InChI is InChI=1S/C12H18N6/c1-13-12-15-10-9(8-14-17-10)11(16-12)18-6-4-2-3-5-7-18/h8H,2-7H2,1H3,(H2,13,14,15,16,17). The smallest absolute Gasteiger partial charge is 0.226 e. The van der Waals surface area contributed by atoms with E-state index in [0.717, 1.165) is 29.9 Å². The molecule has 1 saturated heterocycles. The van der Waals surface area contributed by atoms with Crippen LogP contribution in [0.25, 0.3) is 11.0 Å². The molecule has 18 heavy (non-hydrogen) atoms. The van der Waals surface area contributed by atoms with E-state index in [1.165, 1.54) is 25.7 Å². The molecule has 2 aromatic heterocycles. The quantitative estimate of drug-likeness (QED) is 0.845. The van der Waals surface area contributed by atoms with Crippen LogP contribution in [0.5, 0.6) is 0 Å². The first-order valence-corrected chi connectivity index (χ1v) is 6.52. The van der Waals surface area contributed by atoms with Crippen LogP contribution in [0.1, 0.15) is 25.7 Å². The van der Waals surface area contributed by atoms with E-state index in [0.29, 0.717) is 5.95 Å². The van der Waals surface area contributed by atoms with Crippen molar-refractivity contribution in [1.82, 2.24) is 20.2 Å². The van der Waals surface area contributed by atoms with Crippen molar-refractivity contribution in [2.75, 3.05) is 30.4 Å². The second kappa shape index (κ2) is 4.80. The van der Waals surface area contributed by atoms with E-state index in [9.17, 15) is 0 Å². The third-order valence-electron chi connectivity index (χ3n) is 3.42. The summed E-state index contributed by atoms with van der Waals surface area (Å²) in [6, 6.07) is 0. The molecule has 0 unspecified atom stereocenters. The van der Waals surface area contributed by atoms with Gasteiger partial charge in [-0.15, -0.1) is 0 Å². The maximum atomic E-state index is 4.60. The van der Waals surface area contributed by atoms with Gasteiger partial charge in [-0.2, -0.15) is 15.1 Å². The minimum atomic E-state index is 0.644. The molecule has 6 nitrogen and oxygen atoms in total. The number of H-pyrrole nitrogens is 1. The van der Waals surface area contributed by atoms with Crippen LogP contribution < -0.4 is 10.2 Å². The number of hydrogen-bond acceptors (Lipinski definition) is 5. The van der Waals surface area contributed by atoms with Crippen LogP contribution in [0.3, 0.4) is 0 Å². The van der Waals surface area contributed by atoms with Crippen LogP contribution >= 0.6 is 0 Å². The summed E-state index contributed by atoms with van der Waals surface area (Å²) in [5, 5.41) is 11.0. The maximum absolute atomic E-state index is 4.60. The minimum absolute atomic E-state index is 0.644. The highest BCUT2D eigenvalue weighted by atomic mass is 15.3. The predicted octanol–water partition coefficient (Wildman–Crippen LogP) is 1.77. The van der Waals surface area contributed by atoms with E-state index in [4.69, 9.17) is 0 Å². The zero-order chi connectivity index (χ0) is 12.4. The van der Waals surface area contributed by atoms with Crippen LogP contribution in [0.4, 0.5) is 11.8 Å². The highest BCUT2D eigenvalue weighted by molar-refractivity contribution is 5.87. The molecule has 96 valence electrons. The van der Waals surface area contributed by atoms with Gasteiger partial charge in [0.1, 0.15) is 5.82 Å². The van der Waals surface area contributed by atoms with Gasteiger partial charge in [0.2, 0.25) is 5.95 Å². The Kier molecular flexibility index (Phi) is 3.00. The van der Waals surface area contributed by atoms with Gasteiger partial charge in [-0.25, -0.2) is 0 Å². The lowest BCUT2D eigenvalue weighted by Crippen LogP contribution is -2.25. The summed E-state index contributed by atoms with van der Waals surface area (Å²) < 4.78 is 0. The third kappa shape index (κ3) is 1.98. The van der Waals surface area contributed by atoms with Gasteiger partial charge in [0.25, 0.3) is 0 Å². The first kappa shape index (κ1) is 11.3. The van der Waals surface area contributed by atoms with Crippen LogP contribution in [-0.4, -0.2) is 40.3 Å². The van der Waals surface area contributed by atoms with Crippen molar-refractivity contribution >= 4 is 22.8 Å². The number of anilines is 2. The fraction of sp³-hybridized carbons (Fsp3) is 0.583. The molecule has 0 amide bonds. The van der Waals surface area contributed by atoms with Crippen LogP contribution in [0.15, 0.2) is 6.20 Å². The Bertz CT molecular complexity index is 526. The Morgan fingerprint density at radius 1 is 1.17 bits per heavy atom. The molecule has 0 aromatic carbocycles. The van der Waals surface area contributed by atoms with Crippen molar-refractivity contribution in [3.8, 4) is 0 Å². The molecule has 0 radical (unpaired) electrons. The van der Waals surface area contributed by atoms with E-state index in [1.807, 2.05) is 13.2 Å². The molecule has 1 aliphatic heterocycles. The van der Waals surface area contributed by atoms with Crippen molar-refractivity contribution in [1.29, 1.82) is 0 Å². The van der Waals surface area contributed by atoms with Crippen molar-refractivity contribution in [2.24, 2.45) is 0 Å². The highest BCUT2D eigenvalue weighted by Crippen LogP contribution is 2.25. The minimum Gasteiger partial charge on any atom is -0.357 e. The molecule has 3 heterocycles. The Balaban J connectivity index is 2.04. The van der Waals surface area contributed by atoms with Crippen LogP contribution in [0, 0.1) is 0 Å². The molecular weight excluding hydrogens is 228 g/mol. The van der Waals surface area contributed by atoms with Gasteiger partial charge in [-0.05, 0) is 12.8 Å². The average Bonchev–Trinajstić information content (AvgIpc) is 2.70. The van der Waals surface area contributed by atoms with Crippen molar-refractivity contribution < 1.29 is 0 Å². The second-order valence-corrected chi connectivity index (χ2v) is 4.65. The average molecular weight is 246 g/mol. The van der Waals surface area contributed by atoms with Crippen molar-refractivity contribution in [2.45, 2.75) is 25.7 Å². The molecule has 0 bridgehead atoms. The van der Waals surface area contributed by atoms with Crippen LogP contribution in [-0.2, 0) is 0 Å². The molecule has 0 atom stereocenters. The maximum Gasteiger partial charge on any atom is 0.226 e. The van der Waals surface area contributed by atoms with E-state index >= 15 is 0 Å². The number of nitrogens with one attached hydrogen (secondary N) is 2. The number of hydrogen-bond donors (Lipinski definition) is 2. The lowest BCUT2D eigenvalue weighted by molar-refractivity contribution is 0.726. The number of fused-ring (bicyclic) bond motifs is 1. The van der Waals surface area contributed by atoms with Gasteiger partial charge in [0.15, 0.2) is 5.65 Å². The van der Waals surface area contributed by atoms with Gasteiger partial charge < -0.3 is 10.2 Å². The molecule has 0 saturated carbocycles. The van der Waals surface area contributed by atoms with E-state index in [2.05, 4.69) is 30.4 Å². The summed E-state index contributed by atoms with van der Waals surface area (Å²) in [5.74, 6) is 1.64. The third-order valence-corrected chi connectivity index (χ3v) is 3.42. The predicted molar refractivity (Wildman–Crippen MR) is 71.9 cm³/mol. The number of aromatic amines is 1. The highest BCUT2D eigenvalue weighted by Gasteiger charge is 2.16. The Labute approximate surface area is 106 Å². The molecule has 1 fully saturated rings. The SMILES string of the molecule is CNc1nc(N2CCCCCC2)c2cn[nH]c2n1. The summed E-state index contributed by atoms with van der Waals surface area (Å²) in [7, 11) is 1.84. The monoisotopic (exact) mass is 246 g/mol. The van der Waals surface area contributed by atoms with Gasteiger partial charge in [0, 0.05) is 20.1 Å². The lowest BCUT2D eigenvalue weighted by atomic mass is 10.2. The van der Waals surface area contributed by atoms with E-state index < -0.39 is 0 Å². The van der Waals surface area contributed by atoms with Crippen molar-refractivity contribution in [3.63, 3.8) is 0 Å². The van der Waals surface area contributed by atoms with Crippen LogP contribution in [0.2, 0.25) is 0 Å². The van der Waals surface area contributed by atoms with E-state index in [-0.39, 0.29) is 0 Å². The summed E-state index contributed by atoms with van der Waals surface area (Å²) in [6.45, 7) is 2.14. The first-order chi connectivity index (χ1) is 8.88. The number of aromatic nitrogens is 4. The molecule has 0 spiro atoms. The first-order valence-electron chi connectivity index (χ1n) is 6.52. The summed E-state index contributed by atoms with van der Waals surface area (Å²) in [5.41, 5.74) is 0.800. The molecule has 0 aliphatic carbocycles. The normalized spacial score (nSPS) is 16.8. The lowest BCUT2D eigenvalue weighted by Gasteiger charge is -2.22. The topological polar surface area (TPSA) is 69.7 Å². The number of rotatable bonds is 2. The molecule has 2 aromatic rings. The number of nitrogens with zero attached hydrogens (tertiary/aromatic N) is 4. The van der Waals surface area contributed by atoms with Gasteiger partial charge in [-0.3, -0.25) is 5.10 Å². The summed E-state index contributed by atoms with van der Waals surface area (Å²) in [6.07, 6.45) is 6.91. The fourth-order valence-electron chi connectivity index (χ4n) is 2.45. The van der Waals surface area contributed by atoms with Gasteiger partial charge >= 0.3 is 0 Å².